The topological polar surface area (TPSA) is 50.4 Å². The van der Waals surface area contributed by atoms with Gasteiger partial charge in [0.2, 0.25) is 0 Å². The first-order chi connectivity index (χ1) is 8.29. The molecular formula is C14H18IN3. The number of nitrogens with zero attached hydrogens (tertiary/aromatic N) is 1. The molecule has 0 fully saturated rings. The summed E-state index contributed by atoms with van der Waals surface area (Å²) < 4.78 is 0. The zero-order valence-electron chi connectivity index (χ0n) is 10.5. The Morgan fingerprint density at radius 1 is 1.39 bits per heavy atom. The van der Waals surface area contributed by atoms with Crippen LogP contribution in [0.25, 0.3) is 0 Å². The van der Waals surface area contributed by atoms with Crippen LogP contribution in [-0.4, -0.2) is 12.5 Å². The highest BCUT2D eigenvalue weighted by Gasteiger charge is 2.10. The van der Waals surface area contributed by atoms with Crippen molar-refractivity contribution in [1.82, 2.24) is 0 Å². The molecule has 4 heteroatoms. The van der Waals surface area contributed by atoms with Crippen molar-refractivity contribution in [3.63, 3.8) is 0 Å². The molecule has 0 aliphatic heterocycles. The van der Waals surface area contributed by atoms with Crippen LogP contribution in [0.2, 0.25) is 0 Å². The Morgan fingerprint density at radius 2 is 2.17 bits per heavy atom. The fraction of sp³-hybridized carbons (Fsp3) is 0.357. The van der Waals surface area contributed by atoms with Gasteiger partial charge in [-0.2, -0.15) is 0 Å². The first-order valence-corrected chi connectivity index (χ1v) is 5.88. The van der Waals surface area contributed by atoms with Crippen LogP contribution >= 0.6 is 24.0 Å². The summed E-state index contributed by atoms with van der Waals surface area (Å²) in [4.78, 5) is 4.11. The third-order valence-electron chi connectivity index (χ3n) is 2.88. The zero-order chi connectivity index (χ0) is 12.1. The van der Waals surface area contributed by atoms with Crippen LogP contribution in [0.15, 0.2) is 23.2 Å². The number of benzene rings is 1. The molecule has 3 N–H and O–H groups in total. The van der Waals surface area contributed by atoms with Gasteiger partial charge in [0, 0.05) is 5.69 Å². The van der Waals surface area contributed by atoms with Crippen molar-refractivity contribution in [2.45, 2.75) is 26.2 Å². The Hall–Kier alpha value is -1.22. The number of aliphatic imine (C=N–C) groups is 1. The van der Waals surface area contributed by atoms with Crippen molar-refractivity contribution >= 4 is 35.6 Å². The average molecular weight is 355 g/mol. The smallest absolute Gasteiger partial charge is 0.194 e. The SMILES string of the molecule is CC#CCN=C(N)Nc1ccc2c(c1)CCC2.I. The number of guanidine groups is 1. The van der Waals surface area contributed by atoms with Gasteiger partial charge in [-0.25, -0.2) is 4.99 Å². The summed E-state index contributed by atoms with van der Waals surface area (Å²) in [5, 5.41) is 3.09. The van der Waals surface area contributed by atoms with Crippen molar-refractivity contribution < 1.29 is 0 Å². The predicted octanol–water partition coefficient (Wildman–Crippen LogP) is 2.54. The van der Waals surface area contributed by atoms with Crippen LogP contribution in [0.1, 0.15) is 24.5 Å². The van der Waals surface area contributed by atoms with Gasteiger partial charge < -0.3 is 11.1 Å². The molecule has 0 spiro atoms. The zero-order valence-corrected chi connectivity index (χ0v) is 12.8. The van der Waals surface area contributed by atoms with Gasteiger partial charge >= 0.3 is 0 Å². The molecule has 0 heterocycles. The van der Waals surface area contributed by atoms with E-state index in [0.29, 0.717) is 12.5 Å². The molecule has 1 aromatic carbocycles. The lowest BCUT2D eigenvalue weighted by atomic mass is 10.1. The van der Waals surface area contributed by atoms with E-state index < -0.39 is 0 Å². The Labute approximate surface area is 125 Å². The highest BCUT2D eigenvalue weighted by atomic mass is 127. The number of anilines is 1. The molecule has 96 valence electrons. The quantitative estimate of drug-likeness (QED) is 0.371. The van der Waals surface area contributed by atoms with E-state index in [1.165, 1.54) is 30.4 Å². The van der Waals surface area contributed by atoms with Crippen molar-refractivity contribution in [2.24, 2.45) is 10.7 Å². The number of nitrogens with two attached hydrogens (primary N) is 1. The maximum atomic E-state index is 5.76. The van der Waals surface area contributed by atoms with Gasteiger partial charge in [0.25, 0.3) is 0 Å². The molecule has 0 saturated heterocycles. The van der Waals surface area contributed by atoms with E-state index in [-0.39, 0.29) is 24.0 Å². The normalized spacial score (nSPS) is 13.1. The number of nitrogens with one attached hydrogen (secondary N) is 1. The second-order valence-electron chi connectivity index (χ2n) is 4.09. The molecule has 0 aromatic heterocycles. The number of fused-ring (bicyclic) bond motifs is 1. The highest BCUT2D eigenvalue weighted by molar-refractivity contribution is 14.0. The molecule has 1 aliphatic rings. The maximum Gasteiger partial charge on any atom is 0.194 e. The summed E-state index contributed by atoms with van der Waals surface area (Å²) in [7, 11) is 0. The van der Waals surface area contributed by atoms with Gasteiger partial charge in [-0.05, 0) is 49.4 Å². The molecule has 3 nitrogen and oxygen atoms in total. The van der Waals surface area contributed by atoms with Crippen molar-refractivity contribution in [3.8, 4) is 11.8 Å². The van der Waals surface area contributed by atoms with Gasteiger partial charge in [-0.1, -0.05) is 12.0 Å². The molecule has 0 radical (unpaired) electrons. The van der Waals surface area contributed by atoms with Crippen molar-refractivity contribution in [3.05, 3.63) is 29.3 Å². The minimum absolute atomic E-state index is 0. The molecule has 0 amide bonds. The van der Waals surface area contributed by atoms with E-state index in [4.69, 9.17) is 5.73 Å². The Balaban J connectivity index is 0.00000162. The minimum Gasteiger partial charge on any atom is -0.370 e. The highest BCUT2D eigenvalue weighted by Crippen LogP contribution is 2.24. The summed E-state index contributed by atoms with van der Waals surface area (Å²) in [6.07, 6.45) is 3.63. The lowest BCUT2D eigenvalue weighted by Crippen LogP contribution is -2.22. The second kappa shape index (κ2) is 7.27. The largest absolute Gasteiger partial charge is 0.370 e. The van der Waals surface area contributed by atoms with Gasteiger partial charge in [0.1, 0.15) is 6.54 Å². The van der Waals surface area contributed by atoms with Crippen LogP contribution in [0.3, 0.4) is 0 Å². The molecule has 0 bridgehead atoms. The van der Waals surface area contributed by atoms with Crippen molar-refractivity contribution in [2.75, 3.05) is 11.9 Å². The number of aryl methyl sites for hydroxylation is 2. The Bertz CT molecular complexity index is 497. The van der Waals surface area contributed by atoms with Crippen LogP contribution < -0.4 is 11.1 Å². The molecule has 0 unspecified atom stereocenters. The predicted molar refractivity (Wildman–Crippen MR) is 87.4 cm³/mol. The molecule has 2 rings (SSSR count). The average Bonchev–Trinajstić information content (AvgIpc) is 2.76. The third-order valence-corrected chi connectivity index (χ3v) is 2.88. The van der Waals surface area contributed by atoms with E-state index in [9.17, 15) is 0 Å². The summed E-state index contributed by atoms with van der Waals surface area (Å²) in [5.41, 5.74) is 9.66. The number of halogens is 1. The van der Waals surface area contributed by atoms with Gasteiger partial charge in [0.15, 0.2) is 5.96 Å². The Morgan fingerprint density at radius 3 is 2.94 bits per heavy atom. The Kier molecular flexibility index (Phi) is 5.99. The van der Waals surface area contributed by atoms with E-state index in [2.05, 4.69) is 40.3 Å². The first-order valence-electron chi connectivity index (χ1n) is 5.88. The van der Waals surface area contributed by atoms with E-state index in [1.807, 2.05) is 0 Å². The fourth-order valence-corrected chi connectivity index (χ4v) is 2.04. The monoisotopic (exact) mass is 355 g/mol. The lowest BCUT2D eigenvalue weighted by Gasteiger charge is -2.07. The molecule has 18 heavy (non-hydrogen) atoms. The number of hydrogen-bond donors (Lipinski definition) is 2. The number of rotatable bonds is 2. The minimum atomic E-state index is 0. The number of hydrogen-bond acceptors (Lipinski definition) is 1. The van der Waals surface area contributed by atoms with Crippen LogP contribution in [0.5, 0.6) is 0 Å². The summed E-state index contributed by atoms with van der Waals surface area (Å²) >= 11 is 0. The van der Waals surface area contributed by atoms with Gasteiger partial charge in [0.05, 0.1) is 0 Å². The first kappa shape index (κ1) is 14.8. The van der Waals surface area contributed by atoms with E-state index in [0.717, 1.165) is 5.69 Å². The summed E-state index contributed by atoms with van der Waals surface area (Å²) in [6.45, 7) is 2.24. The molecule has 1 aliphatic carbocycles. The molecule has 1 aromatic rings. The molecule has 0 saturated carbocycles. The standard InChI is InChI=1S/C14H17N3.HI/c1-2-3-9-16-14(15)17-13-8-7-11-5-4-6-12(11)10-13;/h7-8,10H,4-6,9H2,1H3,(H3,15,16,17);1H. The fourth-order valence-electron chi connectivity index (χ4n) is 2.04. The molecular weight excluding hydrogens is 337 g/mol. The lowest BCUT2D eigenvalue weighted by molar-refractivity contribution is 0.912. The summed E-state index contributed by atoms with van der Waals surface area (Å²) in [6, 6.07) is 6.39. The van der Waals surface area contributed by atoms with E-state index >= 15 is 0 Å². The van der Waals surface area contributed by atoms with Gasteiger partial charge in [-0.15, -0.1) is 29.9 Å². The van der Waals surface area contributed by atoms with Gasteiger partial charge in [-0.3, -0.25) is 0 Å². The second-order valence-corrected chi connectivity index (χ2v) is 4.09. The maximum absolute atomic E-state index is 5.76. The summed E-state index contributed by atoms with van der Waals surface area (Å²) in [5.74, 6) is 6.05. The van der Waals surface area contributed by atoms with E-state index in [1.54, 1.807) is 6.92 Å². The third kappa shape index (κ3) is 3.91. The molecule has 0 atom stereocenters. The van der Waals surface area contributed by atoms with Crippen LogP contribution in [0, 0.1) is 11.8 Å². The van der Waals surface area contributed by atoms with Crippen molar-refractivity contribution in [1.29, 1.82) is 0 Å². The van der Waals surface area contributed by atoms with Crippen LogP contribution in [-0.2, 0) is 12.8 Å². The van der Waals surface area contributed by atoms with Crippen LogP contribution in [0.4, 0.5) is 5.69 Å².